The first-order chi connectivity index (χ1) is 22.6. The molecule has 3 aromatic rings. The second kappa shape index (κ2) is 11.3. The largest absolute Gasteiger partial charge is 0.502 e. The van der Waals surface area contributed by atoms with E-state index < -0.39 is 23.7 Å². The van der Waals surface area contributed by atoms with Gasteiger partial charge in [-0.1, -0.05) is 42.0 Å². The highest BCUT2D eigenvalue weighted by atomic mass is 16.5. The maximum atomic E-state index is 14.3. The molecule has 0 aromatic heterocycles. The Balaban J connectivity index is 1.28. The molecule has 4 atom stereocenters. The average molecular weight is 630 g/mol. The molecule has 0 radical (unpaired) electrons. The van der Waals surface area contributed by atoms with Gasteiger partial charge in [-0.2, -0.15) is 0 Å². The summed E-state index contributed by atoms with van der Waals surface area (Å²) in [5.41, 5.74) is 3.61. The number of Topliss-reactive ketones (excluding diaryl/α,β-unsaturated/α-hetero) is 1. The van der Waals surface area contributed by atoms with Crippen LogP contribution in [0.5, 0.6) is 17.2 Å². The van der Waals surface area contributed by atoms with Gasteiger partial charge in [0.25, 0.3) is 0 Å². The summed E-state index contributed by atoms with van der Waals surface area (Å²) in [6, 6.07) is 18.5. The fourth-order valence-electron chi connectivity index (χ4n) is 7.61. The molecule has 1 saturated heterocycles. The number of ether oxygens (including phenoxy) is 2. The molecule has 1 N–H and O–H groups in total. The zero-order valence-corrected chi connectivity index (χ0v) is 26.0. The number of nitrogens with zero attached hydrogens (tertiary/aromatic N) is 1. The molecule has 2 amide bonds. The van der Waals surface area contributed by atoms with E-state index in [2.05, 4.69) is 0 Å². The van der Waals surface area contributed by atoms with Gasteiger partial charge >= 0.3 is 0 Å². The summed E-state index contributed by atoms with van der Waals surface area (Å²) in [5, 5.41) is 10.6. The lowest BCUT2D eigenvalue weighted by Crippen LogP contribution is -2.39. The van der Waals surface area contributed by atoms with Gasteiger partial charge in [0.1, 0.15) is 0 Å². The van der Waals surface area contributed by atoms with E-state index in [1.807, 2.05) is 12.1 Å². The SMILES string of the molecule is COc1cc([C@H]2C3=CC[C@@H]4C(=O)N(c5ccc(C(=O)c6ccccc6)cc5)C(=O)[C@@H]4[C@@H]3CC3=C2C(=O)C=C(C)C3=O)cc(OC)c1O. The smallest absolute Gasteiger partial charge is 0.238 e. The Morgan fingerprint density at radius 3 is 2.13 bits per heavy atom. The van der Waals surface area contributed by atoms with Crippen molar-refractivity contribution in [2.24, 2.45) is 17.8 Å². The highest BCUT2D eigenvalue weighted by Crippen LogP contribution is 2.56. The number of imide groups is 1. The summed E-state index contributed by atoms with van der Waals surface area (Å²) in [6.07, 6.45) is 3.67. The van der Waals surface area contributed by atoms with Crippen LogP contribution in [0.4, 0.5) is 5.69 Å². The van der Waals surface area contributed by atoms with Crippen LogP contribution in [0, 0.1) is 17.8 Å². The van der Waals surface area contributed by atoms with Crippen molar-refractivity contribution in [1.82, 2.24) is 0 Å². The second-order valence-corrected chi connectivity index (χ2v) is 12.3. The Hall–Kier alpha value is -5.57. The molecule has 3 aromatic carbocycles. The quantitative estimate of drug-likeness (QED) is 0.169. The van der Waals surface area contributed by atoms with E-state index in [9.17, 15) is 29.1 Å². The molecule has 1 fully saturated rings. The number of ketones is 3. The van der Waals surface area contributed by atoms with Gasteiger partial charge in [0.15, 0.2) is 28.8 Å². The van der Waals surface area contributed by atoms with Gasteiger partial charge in [-0.05, 0) is 73.7 Å². The van der Waals surface area contributed by atoms with Crippen LogP contribution in [0.15, 0.2) is 101 Å². The Kier molecular flexibility index (Phi) is 7.27. The van der Waals surface area contributed by atoms with E-state index in [1.54, 1.807) is 67.6 Å². The molecule has 9 nitrogen and oxygen atoms in total. The number of benzene rings is 3. The molecule has 0 spiro atoms. The third-order valence-corrected chi connectivity index (χ3v) is 9.82. The third-order valence-electron chi connectivity index (χ3n) is 9.82. The first-order valence-electron chi connectivity index (χ1n) is 15.4. The van der Waals surface area contributed by atoms with Crippen molar-refractivity contribution < 1.29 is 38.6 Å². The number of aromatic hydroxyl groups is 1. The number of allylic oxidation sites excluding steroid dienone is 6. The fourth-order valence-corrected chi connectivity index (χ4v) is 7.61. The molecule has 1 heterocycles. The monoisotopic (exact) mass is 629 g/mol. The normalized spacial score (nSPS) is 23.5. The second-order valence-electron chi connectivity index (χ2n) is 12.3. The van der Waals surface area contributed by atoms with Crippen LogP contribution < -0.4 is 14.4 Å². The predicted molar refractivity (Wildman–Crippen MR) is 171 cm³/mol. The molecular weight excluding hydrogens is 598 g/mol. The van der Waals surface area contributed by atoms with Crippen molar-refractivity contribution >= 4 is 34.9 Å². The minimum Gasteiger partial charge on any atom is -0.502 e. The van der Waals surface area contributed by atoms with Gasteiger partial charge < -0.3 is 14.6 Å². The topological polar surface area (TPSA) is 127 Å². The number of carbonyl (C=O) groups is 5. The fraction of sp³-hybridized carbons (Fsp3) is 0.237. The van der Waals surface area contributed by atoms with Crippen LogP contribution in [0.3, 0.4) is 0 Å². The number of amides is 2. The standard InChI is InChI=1S/C38H31NO8/c1-19-15-28(40)33-27(34(19)41)18-26-24(31(33)22-16-29(46-2)36(43)30(17-22)47-3)13-14-25-32(26)38(45)39(37(25)44)23-11-9-21(10-12-23)35(42)20-7-5-4-6-8-20/h4-13,15-17,25-26,31-32,43H,14,18H2,1-3H3/t25-,26+,31-,32-/m0/s1. The Labute approximate surface area is 270 Å². The lowest BCUT2D eigenvalue weighted by Gasteiger charge is -2.42. The number of fused-ring (bicyclic) bond motifs is 3. The van der Waals surface area contributed by atoms with Crippen molar-refractivity contribution in [2.45, 2.75) is 25.7 Å². The van der Waals surface area contributed by atoms with Crippen molar-refractivity contribution in [2.75, 3.05) is 19.1 Å². The van der Waals surface area contributed by atoms with E-state index in [4.69, 9.17) is 9.47 Å². The van der Waals surface area contributed by atoms with Crippen molar-refractivity contribution in [1.29, 1.82) is 0 Å². The summed E-state index contributed by atoms with van der Waals surface area (Å²) in [7, 11) is 2.81. The predicted octanol–water partition coefficient (Wildman–Crippen LogP) is 5.27. The van der Waals surface area contributed by atoms with Gasteiger partial charge in [0.05, 0.1) is 31.7 Å². The summed E-state index contributed by atoms with van der Waals surface area (Å²) in [6.45, 7) is 1.60. The minimum absolute atomic E-state index is 0.131. The zero-order chi connectivity index (χ0) is 33.1. The van der Waals surface area contributed by atoms with Crippen LogP contribution in [-0.4, -0.2) is 48.5 Å². The third kappa shape index (κ3) is 4.64. The van der Waals surface area contributed by atoms with Crippen molar-refractivity contribution in [3.8, 4) is 17.2 Å². The summed E-state index contributed by atoms with van der Waals surface area (Å²) >= 11 is 0. The maximum absolute atomic E-state index is 14.3. The number of carbonyl (C=O) groups excluding carboxylic acids is 5. The molecule has 4 aliphatic rings. The molecule has 0 unspecified atom stereocenters. The van der Waals surface area contributed by atoms with E-state index in [1.165, 1.54) is 25.2 Å². The van der Waals surface area contributed by atoms with E-state index in [0.717, 1.165) is 5.57 Å². The average Bonchev–Trinajstić information content (AvgIpc) is 3.35. The maximum Gasteiger partial charge on any atom is 0.238 e. The summed E-state index contributed by atoms with van der Waals surface area (Å²) < 4.78 is 10.8. The molecule has 9 heteroatoms. The highest BCUT2D eigenvalue weighted by Gasteiger charge is 2.56. The van der Waals surface area contributed by atoms with Gasteiger partial charge in [-0.25, -0.2) is 0 Å². The van der Waals surface area contributed by atoms with Crippen LogP contribution in [-0.2, 0) is 19.2 Å². The number of phenols is 1. The molecular formula is C38H31NO8. The molecule has 7 rings (SSSR count). The number of hydrogen-bond acceptors (Lipinski definition) is 8. The lowest BCUT2D eigenvalue weighted by atomic mass is 9.59. The molecule has 47 heavy (non-hydrogen) atoms. The highest BCUT2D eigenvalue weighted by molar-refractivity contribution is 6.25. The molecule has 1 aliphatic heterocycles. The summed E-state index contributed by atoms with van der Waals surface area (Å²) in [5.74, 6) is -4.09. The van der Waals surface area contributed by atoms with E-state index in [0.29, 0.717) is 39.1 Å². The minimum atomic E-state index is -0.764. The van der Waals surface area contributed by atoms with Crippen molar-refractivity contribution in [3.05, 3.63) is 118 Å². The Morgan fingerprint density at radius 1 is 0.851 bits per heavy atom. The Bertz CT molecular complexity index is 1960. The first kappa shape index (κ1) is 30.1. The van der Waals surface area contributed by atoms with Crippen LogP contribution in [0.25, 0.3) is 0 Å². The Morgan fingerprint density at radius 2 is 1.49 bits per heavy atom. The number of rotatable bonds is 6. The number of hydrogen-bond donors (Lipinski definition) is 1. The van der Waals surface area contributed by atoms with Crippen LogP contribution in [0.1, 0.15) is 47.2 Å². The van der Waals surface area contributed by atoms with E-state index >= 15 is 0 Å². The van der Waals surface area contributed by atoms with Gasteiger partial charge in [-0.15, -0.1) is 0 Å². The summed E-state index contributed by atoms with van der Waals surface area (Å²) in [4.78, 5) is 69.5. The number of phenolic OH excluding ortho intramolecular Hbond substituents is 1. The van der Waals surface area contributed by atoms with Gasteiger partial charge in [0, 0.05) is 33.8 Å². The van der Waals surface area contributed by atoms with Crippen molar-refractivity contribution in [3.63, 3.8) is 0 Å². The lowest BCUT2D eigenvalue weighted by molar-refractivity contribution is -0.123. The van der Waals surface area contributed by atoms with Crippen LogP contribution in [0.2, 0.25) is 0 Å². The molecule has 0 saturated carbocycles. The van der Waals surface area contributed by atoms with Gasteiger partial charge in [0.2, 0.25) is 17.6 Å². The molecule has 236 valence electrons. The zero-order valence-electron chi connectivity index (χ0n) is 26.0. The van der Waals surface area contributed by atoms with Gasteiger partial charge in [-0.3, -0.25) is 28.9 Å². The molecule has 3 aliphatic carbocycles. The molecule has 0 bridgehead atoms. The van der Waals surface area contributed by atoms with Crippen LogP contribution >= 0.6 is 0 Å². The number of anilines is 1. The number of methoxy groups -OCH3 is 2. The first-order valence-corrected chi connectivity index (χ1v) is 15.4. The van der Waals surface area contributed by atoms with E-state index in [-0.39, 0.29) is 59.3 Å².